The quantitative estimate of drug-likeness (QED) is 0.756. The van der Waals surface area contributed by atoms with E-state index in [-0.39, 0.29) is 10.8 Å². The maximum atomic E-state index is 12.1. The van der Waals surface area contributed by atoms with Crippen LogP contribution >= 0.6 is 0 Å². The van der Waals surface area contributed by atoms with E-state index < -0.39 is 10.0 Å². The molecule has 0 bridgehead atoms. The van der Waals surface area contributed by atoms with E-state index in [4.69, 9.17) is 4.74 Å². The molecule has 0 unspecified atom stereocenters. The second-order valence-corrected chi connectivity index (χ2v) is 7.79. The highest BCUT2D eigenvalue weighted by Crippen LogP contribution is 2.18. The first kappa shape index (κ1) is 19.7. The number of rotatable bonds is 7. The fourth-order valence-electron chi connectivity index (χ4n) is 2.14. The predicted octanol–water partition coefficient (Wildman–Crippen LogP) is 2.99. The van der Waals surface area contributed by atoms with Crippen LogP contribution in [0.2, 0.25) is 0 Å². The number of nitrogens with zero attached hydrogens (tertiary/aromatic N) is 1. The molecule has 0 saturated heterocycles. The largest absolute Gasteiger partial charge is 0.494 e. The van der Waals surface area contributed by atoms with Gasteiger partial charge in [-0.05, 0) is 48.9 Å². The van der Waals surface area contributed by atoms with Gasteiger partial charge in [-0.15, -0.1) is 0 Å². The summed E-state index contributed by atoms with van der Waals surface area (Å²) in [6.07, 6.45) is 3.06. The average molecular weight is 374 g/mol. The van der Waals surface area contributed by atoms with Crippen LogP contribution < -0.4 is 10.1 Å². The Balaban J connectivity index is 2.06. The van der Waals surface area contributed by atoms with Crippen molar-refractivity contribution >= 4 is 27.7 Å². The maximum absolute atomic E-state index is 12.1. The van der Waals surface area contributed by atoms with Gasteiger partial charge >= 0.3 is 0 Å². The van der Waals surface area contributed by atoms with Gasteiger partial charge in [0, 0.05) is 25.9 Å². The molecule has 0 spiro atoms. The third-order valence-corrected chi connectivity index (χ3v) is 5.31. The molecule has 7 heteroatoms. The Morgan fingerprint density at radius 3 is 2.46 bits per heavy atom. The third kappa shape index (κ3) is 5.18. The summed E-state index contributed by atoms with van der Waals surface area (Å²) in [5.41, 5.74) is 1.27. The Labute approximate surface area is 154 Å². The van der Waals surface area contributed by atoms with Crippen molar-refractivity contribution in [3.63, 3.8) is 0 Å². The number of amides is 1. The molecule has 1 N–H and O–H groups in total. The summed E-state index contributed by atoms with van der Waals surface area (Å²) < 4.78 is 30.8. The molecule has 0 aliphatic heterocycles. The van der Waals surface area contributed by atoms with Gasteiger partial charge in [0.1, 0.15) is 5.75 Å². The van der Waals surface area contributed by atoms with E-state index in [1.54, 1.807) is 18.2 Å². The molecule has 0 fully saturated rings. The minimum atomic E-state index is -3.55. The average Bonchev–Trinajstić information content (AvgIpc) is 2.61. The molecule has 0 radical (unpaired) electrons. The molecule has 2 aromatic carbocycles. The summed E-state index contributed by atoms with van der Waals surface area (Å²) in [5, 5.41) is 2.66. The summed E-state index contributed by atoms with van der Waals surface area (Å²) in [6, 6.07) is 13.5. The molecule has 6 nitrogen and oxygen atoms in total. The SMILES string of the molecule is CCOc1ccc(/C=C/C(=O)Nc2cccc(S(=O)(=O)N(C)C)c2)cc1. The van der Waals surface area contributed by atoms with E-state index in [1.165, 1.54) is 32.3 Å². The molecule has 0 heterocycles. The highest BCUT2D eigenvalue weighted by molar-refractivity contribution is 7.89. The van der Waals surface area contributed by atoms with Gasteiger partial charge in [0.05, 0.1) is 11.5 Å². The van der Waals surface area contributed by atoms with Gasteiger partial charge in [-0.25, -0.2) is 12.7 Å². The van der Waals surface area contributed by atoms with E-state index in [1.807, 2.05) is 31.2 Å². The molecule has 138 valence electrons. The van der Waals surface area contributed by atoms with Crippen molar-refractivity contribution in [2.75, 3.05) is 26.0 Å². The van der Waals surface area contributed by atoms with Crippen LogP contribution in [0.1, 0.15) is 12.5 Å². The number of nitrogens with one attached hydrogen (secondary N) is 1. The van der Waals surface area contributed by atoms with E-state index in [0.717, 1.165) is 15.6 Å². The van der Waals surface area contributed by atoms with Gasteiger partial charge in [-0.3, -0.25) is 4.79 Å². The zero-order chi connectivity index (χ0) is 19.2. The van der Waals surface area contributed by atoms with Crippen molar-refractivity contribution < 1.29 is 17.9 Å². The number of sulfonamides is 1. The molecule has 0 aliphatic rings. The fourth-order valence-corrected chi connectivity index (χ4v) is 3.09. The molecule has 1 amide bonds. The van der Waals surface area contributed by atoms with Crippen molar-refractivity contribution in [3.05, 3.63) is 60.2 Å². The lowest BCUT2D eigenvalue weighted by Gasteiger charge is -2.12. The predicted molar refractivity (Wildman–Crippen MR) is 103 cm³/mol. The minimum absolute atomic E-state index is 0.121. The third-order valence-electron chi connectivity index (χ3n) is 3.50. The number of carbonyl (C=O) groups is 1. The number of carbonyl (C=O) groups excluding carboxylic acids is 1. The number of benzene rings is 2. The van der Waals surface area contributed by atoms with Crippen LogP contribution in [0.15, 0.2) is 59.5 Å². The Morgan fingerprint density at radius 1 is 1.15 bits per heavy atom. The highest BCUT2D eigenvalue weighted by Gasteiger charge is 2.17. The summed E-state index contributed by atoms with van der Waals surface area (Å²) in [7, 11) is -0.630. The smallest absolute Gasteiger partial charge is 0.248 e. The second-order valence-electron chi connectivity index (χ2n) is 5.64. The zero-order valence-electron chi connectivity index (χ0n) is 15.0. The normalized spacial score (nSPS) is 11.7. The van der Waals surface area contributed by atoms with Crippen LogP contribution in [-0.2, 0) is 14.8 Å². The van der Waals surface area contributed by atoms with Crippen LogP contribution in [0.25, 0.3) is 6.08 Å². The van der Waals surface area contributed by atoms with Gasteiger partial charge in [0.2, 0.25) is 15.9 Å². The minimum Gasteiger partial charge on any atom is -0.494 e. The van der Waals surface area contributed by atoms with Gasteiger partial charge in [0.25, 0.3) is 0 Å². The lowest BCUT2D eigenvalue weighted by molar-refractivity contribution is -0.111. The Hall–Kier alpha value is -2.64. The molecule has 0 aliphatic carbocycles. The molecule has 2 aromatic rings. The first-order valence-electron chi connectivity index (χ1n) is 8.07. The van der Waals surface area contributed by atoms with Crippen molar-refractivity contribution in [1.82, 2.24) is 4.31 Å². The fraction of sp³-hybridized carbons (Fsp3) is 0.211. The molecule has 0 aromatic heterocycles. The molecule has 26 heavy (non-hydrogen) atoms. The summed E-state index contributed by atoms with van der Waals surface area (Å²) >= 11 is 0. The van der Waals surface area contributed by atoms with Crippen LogP contribution in [0.3, 0.4) is 0 Å². The first-order valence-corrected chi connectivity index (χ1v) is 9.51. The molecule has 0 atom stereocenters. The van der Waals surface area contributed by atoms with Gasteiger partial charge < -0.3 is 10.1 Å². The number of hydrogen-bond donors (Lipinski definition) is 1. The lowest BCUT2D eigenvalue weighted by Crippen LogP contribution is -2.22. The number of ether oxygens (including phenoxy) is 1. The Morgan fingerprint density at radius 2 is 1.85 bits per heavy atom. The maximum Gasteiger partial charge on any atom is 0.248 e. The zero-order valence-corrected chi connectivity index (χ0v) is 15.8. The van der Waals surface area contributed by atoms with Crippen LogP contribution in [0.5, 0.6) is 5.75 Å². The second kappa shape index (κ2) is 8.64. The molecular weight excluding hydrogens is 352 g/mol. The van der Waals surface area contributed by atoms with E-state index >= 15 is 0 Å². The molecule has 2 rings (SSSR count). The van der Waals surface area contributed by atoms with Crippen molar-refractivity contribution in [2.45, 2.75) is 11.8 Å². The van der Waals surface area contributed by atoms with E-state index in [9.17, 15) is 13.2 Å². The van der Waals surface area contributed by atoms with E-state index in [2.05, 4.69) is 5.32 Å². The standard InChI is InChI=1S/C19H22N2O4S/c1-4-25-17-11-8-15(9-12-17)10-13-19(22)20-16-6-5-7-18(14-16)26(23,24)21(2)3/h5-14H,4H2,1-3H3,(H,20,22)/b13-10+. The van der Waals surface area contributed by atoms with Gasteiger partial charge in [-0.2, -0.15) is 0 Å². The van der Waals surface area contributed by atoms with Crippen molar-refractivity contribution in [2.24, 2.45) is 0 Å². The lowest BCUT2D eigenvalue weighted by atomic mass is 10.2. The van der Waals surface area contributed by atoms with Gasteiger partial charge in [-0.1, -0.05) is 18.2 Å². The Kier molecular flexibility index (Phi) is 6.54. The summed E-state index contributed by atoms with van der Waals surface area (Å²) in [5.74, 6) is 0.423. The summed E-state index contributed by atoms with van der Waals surface area (Å²) in [6.45, 7) is 2.51. The summed E-state index contributed by atoms with van der Waals surface area (Å²) in [4.78, 5) is 12.2. The van der Waals surface area contributed by atoms with Crippen LogP contribution in [-0.4, -0.2) is 39.3 Å². The number of hydrogen-bond acceptors (Lipinski definition) is 4. The van der Waals surface area contributed by atoms with Crippen LogP contribution in [0.4, 0.5) is 5.69 Å². The van der Waals surface area contributed by atoms with Crippen LogP contribution in [0, 0.1) is 0 Å². The highest BCUT2D eigenvalue weighted by atomic mass is 32.2. The molecule has 0 saturated carbocycles. The van der Waals surface area contributed by atoms with E-state index in [0.29, 0.717) is 12.3 Å². The van der Waals surface area contributed by atoms with Crippen molar-refractivity contribution in [3.8, 4) is 5.75 Å². The first-order chi connectivity index (χ1) is 12.3. The Bertz CT molecular complexity index is 888. The molecular formula is C19H22N2O4S. The number of anilines is 1. The van der Waals surface area contributed by atoms with Crippen molar-refractivity contribution in [1.29, 1.82) is 0 Å². The monoisotopic (exact) mass is 374 g/mol. The van der Waals surface area contributed by atoms with Gasteiger partial charge in [0.15, 0.2) is 0 Å². The topological polar surface area (TPSA) is 75.7 Å².